The number of aromatic amines is 1. The first-order valence-corrected chi connectivity index (χ1v) is 10.4. The average Bonchev–Trinajstić information content (AvgIpc) is 3.51. The van der Waals surface area contributed by atoms with E-state index in [1.54, 1.807) is 32.2 Å². The lowest BCUT2D eigenvalue weighted by Crippen LogP contribution is -2.20. The van der Waals surface area contributed by atoms with Gasteiger partial charge in [0.25, 0.3) is 11.4 Å². The van der Waals surface area contributed by atoms with Crippen molar-refractivity contribution in [3.63, 3.8) is 0 Å². The van der Waals surface area contributed by atoms with Crippen LogP contribution in [0.5, 0.6) is 0 Å². The molecule has 8 nitrogen and oxygen atoms in total. The summed E-state index contributed by atoms with van der Waals surface area (Å²) >= 11 is 0. The van der Waals surface area contributed by atoms with Gasteiger partial charge in [0.15, 0.2) is 5.69 Å². The van der Waals surface area contributed by atoms with E-state index in [-0.39, 0.29) is 40.3 Å². The van der Waals surface area contributed by atoms with Crippen LogP contribution < -0.4 is 5.56 Å². The third kappa shape index (κ3) is 3.52. The highest BCUT2D eigenvalue weighted by Gasteiger charge is 2.40. The molecule has 1 aliphatic rings. The lowest BCUT2D eigenvalue weighted by Gasteiger charge is -2.13. The highest BCUT2D eigenvalue weighted by Crippen LogP contribution is 2.39. The number of methoxy groups -OCH3 is 1. The second-order valence-corrected chi connectivity index (χ2v) is 8.03. The zero-order valence-corrected chi connectivity index (χ0v) is 17.8. The van der Waals surface area contributed by atoms with Crippen LogP contribution in [0.15, 0.2) is 39.5 Å². The summed E-state index contributed by atoms with van der Waals surface area (Å²) in [5.41, 5.74) is -1.64. The molecule has 11 heteroatoms. The lowest BCUT2D eigenvalue weighted by atomic mass is 10.1. The number of nitrogens with zero attached hydrogens (tertiary/aromatic N) is 4. The van der Waals surface area contributed by atoms with Crippen molar-refractivity contribution in [2.24, 2.45) is 0 Å². The van der Waals surface area contributed by atoms with Gasteiger partial charge in [-0.15, -0.1) is 10.2 Å². The van der Waals surface area contributed by atoms with Crippen LogP contribution in [0.3, 0.4) is 0 Å². The molecule has 33 heavy (non-hydrogen) atoms. The molecule has 0 aliphatic heterocycles. The quantitative estimate of drug-likeness (QED) is 0.487. The number of hydrogen-bond acceptors (Lipinski definition) is 6. The Morgan fingerprint density at radius 2 is 1.91 bits per heavy atom. The van der Waals surface area contributed by atoms with Crippen molar-refractivity contribution in [2.45, 2.75) is 44.4 Å². The molecule has 1 N–H and O–H groups in total. The number of aryl methyl sites for hydroxylation is 1. The van der Waals surface area contributed by atoms with Gasteiger partial charge in [0.2, 0.25) is 5.89 Å². The number of benzene rings is 1. The fourth-order valence-corrected chi connectivity index (χ4v) is 4.49. The van der Waals surface area contributed by atoms with Gasteiger partial charge in [-0.2, -0.15) is 22.8 Å². The number of hydrogen-bond donors (Lipinski definition) is 1. The van der Waals surface area contributed by atoms with Gasteiger partial charge in [-0.1, -0.05) is 30.3 Å². The van der Waals surface area contributed by atoms with Crippen LogP contribution >= 0.6 is 0 Å². The molecule has 4 aromatic rings. The monoisotopic (exact) mass is 459 g/mol. The Hall–Kier alpha value is -3.47. The molecule has 1 saturated carbocycles. The van der Waals surface area contributed by atoms with Crippen LogP contribution in [0.4, 0.5) is 13.2 Å². The van der Waals surface area contributed by atoms with Crippen molar-refractivity contribution in [3.8, 4) is 22.6 Å². The summed E-state index contributed by atoms with van der Waals surface area (Å²) in [7, 11) is 1.61. The van der Waals surface area contributed by atoms with E-state index in [0.717, 1.165) is 19.3 Å². The Morgan fingerprint density at radius 3 is 2.61 bits per heavy atom. The van der Waals surface area contributed by atoms with Crippen molar-refractivity contribution in [3.05, 3.63) is 58.0 Å². The first-order chi connectivity index (χ1) is 15.8. The molecule has 0 radical (unpaired) electrons. The SMILES string of the molecule is COC1CCCC1c1nnc(-c2c(C)[nH]c3c(-c4ccccc4)c(C(F)(F)F)nn3c2=O)o1. The van der Waals surface area contributed by atoms with E-state index in [2.05, 4.69) is 20.3 Å². The van der Waals surface area contributed by atoms with Gasteiger partial charge in [-0.05, 0) is 31.7 Å². The first kappa shape index (κ1) is 21.4. The topological polar surface area (TPSA) is 98.3 Å². The average molecular weight is 459 g/mol. The number of ether oxygens (including phenoxy) is 1. The molecule has 3 heterocycles. The third-order valence-corrected chi connectivity index (χ3v) is 6.03. The van der Waals surface area contributed by atoms with Crippen LogP contribution in [-0.4, -0.2) is 38.0 Å². The molecule has 5 rings (SSSR count). The maximum absolute atomic E-state index is 13.8. The maximum Gasteiger partial charge on any atom is 0.435 e. The van der Waals surface area contributed by atoms with E-state index in [9.17, 15) is 18.0 Å². The number of H-pyrrole nitrogens is 1. The first-order valence-electron chi connectivity index (χ1n) is 10.4. The van der Waals surface area contributed by atoms with Gasteiger partial charge in [0, 0.05) is 12.8 Å². The fraction of sp³-hybridized carbons (Fsp3) is 0.364. The second kappa shape index (κ2) is 7.84. The number of fused-ring (bicyclic) bond motifs is 1. The predicted molar refractivity (Wildman–Crippen MR) is 112 cm³/mol. The third-order valence-electron chi connectivity index (χ3n) is 6.03. The zero-order valence-electron chi connectivity index (χ0n) is 17.8. The van der Waals surface area contributed by atoms with Crippen LogP contribution in [-0.2, 0) is 10.9 Å². The summed E-state index contributed by atoms with van der Waals surface area (Å²) in [5.74, 6) is 0.179. The molecule has 2 atom stereocenters. The molecule has 3 aromatic heterocycles. The molecule has 0 bridgehead atoms. The van der Waals surface area contributed by atoms with Crippen molar-refractivity contribution < 1.29 is 22.3 Å². The summed E-state index contributed by atoms with van der Waals surface area (Å²) < 4.78 is 53.5. The summed E-state index contributed by atoms with van der Waals surface area (Å²) in [6.45, 7) is 1.57. The smallest absolute Gasteiger partial charge is 0.420 e. The highest BCUT2D eigenvalue weighted by atomic mass is 19.4. The number of halogens is 3. The standard InChI is InChI=1S/C22H20F3N5O3/c1-11-15(20-28-27-19(33-20)13-9-6-10-14(13)32-2)21(31)30-18(26-11)16(12-7-4-3-5-8-12)17(29-30)22(23,24)25/h3-5,7-8,13-14,26H,6,9-10H2,1-2H3. The Kier molecular flexibility index (Phi) is 5.08. The Labute approximate surface area is 185 Å². The number of rotatable bonds is 4. The molecule has 0 saturated heterocycles. The van der Waals surface area contributed by atoms with Crippen LogP contribution in [0.25, 0.3) is 28.2 Å². The van der Waals surface area contributed by atoms with Gasteiger partial charge in [-0.3, -0.25) is 4.79 Å². The molecular formula is C22H20F3N5O3. The minimum Gasteiger partial charge on any atom is -0.420 e. The van der Waals surface area contributed by atoms with Crippen LogP contribution in [0, 0.1) is 6.92 Å². The van der Waals surface area contributed by atoms with Crippen LogP contribution in [0.2, 0.25) is 0 Å². The van der Waals surface area contributed by atoms with E-state index in [1.807, 2.05) is 0 Å². The minimum atomic E-state index is -4.76. The summed E-state index contributed by atoms with van der Waals surface area (Å²) in [6.07, 6.45) is -2.21. The summed E-state index contributed by atoms with van der Waals surface area (Å²) in [5, 5.41) is 11.7. The summed E-state index contributed by atoms with van der Waals surface area (Å²) in [4.78, 5) is 16.2. The van der Waals surface area contributed by atoms with Crippen LogP contribution in [0.1, 0.15) is 42.5 Å². The lowest BCUT2D eigenvalue weighted by molar-refractivity contribution is -0.140. The second-order valence-electron chi connectivity index (χ2n) is 8.03. The Bertz CT molecular complexity index is 1370. The van der Waals surface area contributed by atoms with Crippen molar-refractivity contribution in [1.82, 2.24) is 24.8 Å². The maximum atomic E-state index is 13.8. The van der Waals surface area contributed by atoms with Gasteiger partial charge in [0.1, 0.15) is 11.2 Å². The van der Waals surface area contributed by atoms with Gasteiger partial charge in [0.05, 0.1) is 17.6 Å². The van der Waals surface area contributed by atoms with E-state index in [0.29, 0.717) is 16.1 Å². The van der Waals surface area contributed by atoms with E-state index < -0.39 is 17.4 Å². The van der Waals surface area contributed by atoms with Gasteiger partial charge >= 0.3 is 6.18 Å². The molecule has 1 aliphatic carbocycles. The van der Waals surface area contributed by atoms with Crippen molar-refractivity contribution in [2.75, 3.05) is 7.11 Å². The van der Waals surface area contributed by atoms with Gasteiger partial charge < -0.3 is 14.1 Å². The predicted octanol–water partition coefficient (Wildman–Crippen LogP) is 4.35. The molecule has 1 fully saturated rings. The Morgan fingerprint density at radius 1 is 1.15 bits per heavy atom. The van der Waals surface area contributed by atoms with E-state index in [4.69, 9.17) is 9.15 Å². The van der Waals surface area contributed by atoms with E-state index in [1.165, 1.54) is 12.1 Å². The molecule has 172 valence electrons. The highest BCUT2D eigenvalue weighted by molar-refractivity contribution is 5.81. The fourth-order valence-electron chi connectivity index (χ4n) is 4.49. The van der Waals surface area contributed by atoms with E-state index >= 15 is 0 Å². The summed E-state index contributed by atoms with van der Waals surface area (Å²) in [6, 6.07) is 8.00. The minimum absolute atomic E-state index is 0.0240. The molecule has 1 aromatic carbocycles. The number of aromatic nitrogens is 5. The zero-order chi connectivity index (χ0) is 23.3. The largest absolute Gasteiger partial charge is 0.435 e. The molecule has 0 spiro atoms. The Balaban J connectivity index is 1.69. The molecule has 2 unspecified atom stereocenters. The number of nitrogens with one attached hydrogen (secondary N) is 1. The normalized spacial score (nSPS) is 18.9. The van der Waals surface area contributed by atoms with Gasteiger partial charge in [-0.25, -0.2) is 0 Å². The molecular weight excluding hydrogens is 439 g/mol. The molecule has 0 amide bonds. The number of alkyl halides is 3. The van der Waals surface area contributed by atoms with Crippen molar-refractivity contribution in [1.29, 1.82) is 0 Å². The van der Waals surface area contributed by atoms with Crippen molar-refractivity contribution >= 4 is 5.65 Å².